The van der Waals surface area contributed by atoms with E-state index in [-0.39, 0.29) is 12.5 Å². The minimum Gasteiger partial charge on any atom is -0.494 e. The summed E-state index contributed by atoms with van der Waals surface area (Å²) in [6.45, 7) is 8.41. The summed E-state index contributed by atoms with van der Waals surface area (Å²) in [6, 6.07) is 14.1. The normalized spacial score (nSPS) is 13.1. The van der Waals surface area contributed by atoms with Crippen LogP contribution < -0.4 is 21.7 Å². The Bertz CT molecular complexity index is 733. The van der Waals surface area contributed by atoms with Gasteiger partial charge in [0, 0.05) is 0 Å². The van der Waals surface area contributed by atoms with Crippen molar-refractivity contribution in [3.8, 4) is 5.75 Å². The number of ether oxygens (including phenoxy) is 2. The Kier molecular flexibility index (Phi) is 5.57. The zero-order valence-corrected chi connectivity index (χ0v) is 14.6. The van der Waals surface area contributed by atoms with E-state index in [2.05, 4.69) is 12.6 Å². The molecule has 0 radical (unpaired) electrons. The molecule has 0 amide bonds. The Morgan fingerprint density at radius 3 is 2.50 bits per heavy atom. The highest BCUT2D eigenvalue weighted by Crippen LogP contribution is 2.31. The molecule has 0 heterocycles. The molecular formula is C19H25BN2O2. The number of benzene rings is 2. The van der Waals surface area contributed by atoms with E-state index in [9.17, 15) is 0 Å². The van der Waals surface area contributed by atoms with Crippen LogP contribution in [0.25, 0.3) is 0 Å². The highest BCUT2D eigenvalue weighted by atomic mass is 16.5. The topological polar surface area (TPSA) is 70.5 Å². The van der Waals surface area contributed by atoms with Crippen LogP contribution in [0.15, 0.2) is 54.9 Å². The molecule has 24 heavy (non-hydrogen) atoms. The minimum atomic E-state index is -0.830. The number of rotatable bonds is 7. The van der Waals surface area contributed by atoms with Gasteiger partial charge in [0.05, 0.1) is 6.61 Å². The molecule has 5 heteroatoms. The average Bonchev–Trinajstić information content (AvgIpc) is 2.54. The van der Waals surface area contributed by atoms with Crippen molar-refractivity contribution < 1.29 is 9.47 Å². The lowest BCUT2D eigenvalue weighted by molar-refractivity contribution is 0.161. The van der Waals surface area contributed by atoms with Gasteiger partial charge >= 0.3 is 0 Å². The lowest BCUT2D eigenvalue weighted by atomic mass is 9.81. The van der Waals surface area contributed by atoms with E-state index in [1.54, 1.807) is 0 Å². The zero-order valence-electron chi connectivity index (χ0n) is 14.6. The van der Waals surface area contributed by atoms with Crippen LogP contribution in [0, 0.1) is 6.92 Å². The third-order valence-corrected chi connectivity index (χ3v) is 4.01. The smallest absolute Gasteiger partial charge is 0.176 e. The van der Waals surface area contributed by atoms with Crippen molar-refractivity contribution in [2.24, 2.45) is 11.5 Å². The molecule has 0 saturated carbocycles. The summed E-state index contributed by atoms with van der Waals surface area (Å²) in [5.74, 6) is 1.01. The highest BCUT2D eigenvalue weighted by molar-refractivity contribution is 6.32. The molecule has 1 unspecified atom stereocenters. The van der Waals surface area contributed by atoms with Crippen molar-refractivity contribution in [1.29, 1.82) is 0 Å². The summed E-state index contributed by atoms with van der Waals surface area (Å²) in [6.07, 6.45) is 0. The summed E-state index contributed by atoms with van der Waals surface area (Å²) in [5.41, 5.74) is 15.6. The van der Waals surface area contributed by atoms with Gasteiger partial charge in [-0.2, -0.15) is 0 Å². The molecule has 2 rings (SSSR count). The van der Waals surface area contributed by atoms with Gasteiger partial charge in [0.25, 0.3) is 0 Å². The monoisotopic (exact) mass is 324 g/mol. The summed E-state index contributed by atoms with van der Waals surface area (Å²) >= 11 is 0. The van der Waals surface area contributed by atoms with E-state index >= 15 is 0 Å². The van der Waals surface area contributed by atoms with Crippen molar-refractivity contribution >= 4 is 13.3 Å². The Morgan fingerprint density at radius 2 is 1.92 bits per heavy atom. The summed E-state index contributed by atoms with van der Waals surface area (Å²) in [7, 11) is 2.04. The lowest BCUT2D eigenvalue weighted by Crippen LogP contribution is -2.43. The average molecular weight is 324 g/mol. The van der Waals surface area contributed by atoms with Crippen molar-refractivity contribution in [3.05, 3.63) is 71.6 Å². The maximum Gasteiger partial charge on any atom is 0.176 e. The Balaban J connectivity index is 2.49. The molecule has 0 aliphatic heterocycles. The predicted octanol–water partition coefficient (Wildman–Crippen LogP) is 1.30. The molecule has 0 saturated heterocycles. The van der Waals surface area contributed by atoms with Gasteiger partial charge < -0.3 is 20.9 Å². The van der Waals surface area contributed by atoms with Gasteiger partial charge in [0.15, 0.2) is 5.88 Å². The van der Waals surface area contributed by atoms with Gasteiger partial charge in [0.2, 0.25) is 0 Å². The lowest BCUT2D eigenvalue weighted by Gasteiger charge is -2.31. The molecule has 4 nitrogen and oxygen atoms in total. The van der Waals surface area contributed by atoms with Gasteiger partial charge in [-0.15, -0.1) is 0 Å². The molecule has 0 aliphatic carbocycles. The Morgan fingerprint density at radius 1 is 1.21 bits per heavy atom. The van der Waals surface area contributed by atoms with Crippen molar-refractivity contribution in [2.75, 3.05) is 13.2 Å². The number of nitrogens with two attached hydrogens (primary N) is 2. The standard InChI is InChI=1S/C19H25BN2O2/c1-4-23-18-9-8-16(10-13(18)2)19(22,12-24-14(3)21)15-6-5-7-17(20)11-15/h5-11H,3-4,12,20-22H2,1-2H3. The first-order valence-electron chi connectivity index (χ1n) is 8.04. The minimum absolute atomic E-state index is 0.153. The number of hydrogen-bond acceptors (Lipinski definition) is 4. The summed E-state index contributed by atoms with van der Waals surface area (Å²) < 4.78 is 11.1. The van der Waals surface area contributed by atoms with E-state index in [1.807, 2.05) is 58.1 Å². The predicted molar refractivity (Wildman–Crippen MR) is 101 cm³/mol. The second-order valence-electron chi connectivity index (χ2n) is 6.01. The van der Waals surface area contributed by atoms with Crippen LogP contribution >= 0.6 is 0 Å². The van der Waals surface area contributed by atoms with E-state index < -0.39 is 5.54 Å². The largest absolute Gasteiger partial charge is 0.494 e. The van der Waals surface area contributed by atoms with Crippen molar-refractivity contribution in [3.63, 3.8) is 0 Å². The summed E-state index contributed by atoms with van der Waals surface area (Å²) in [4.78, 5) is 0. The first-order valence-corrected chi connectivity index (χ1v) is 8.04. The molecular weight excluding hydrogens is 299 g/mol. The van der Waals surface area contributed by atoms with Gasteiger partial charge in [-0.05, 0) is 43.2 Å². The van der Waals surface area contributed by atoms with Gasteiger partial charge in [-0.1, -0.05) is 41.9 Å². The molecule has 4 N–H and O–H groups in total. The SMILES string of the molecule is Bc1cccc(C(N)(COC(=C)N)c2ccc(OCC)c(C)c2)c1. The molecule has 0 aliphatic rings. The van der Waals surface area contributed by atoms with Crippen LogP contribution in [0.3, 0.4) is 0 Å². The van der Waals surface area contributed by atoms with Crippen LogP contribution in [-0.2, 0) is 10.3 Å². The maximum atomic E-state index is 6.79. The second-order valence-corrected chi connectivity index (χ2v) is 6.01. The zero-order chi connectivity index (χ0) is 17.7. The van der Waals surface area contributed by atoms with Crippen LogP contribution in [0.1, 0.15) is 23.6 Å². The number of hydrogen-bond donors (Lipinski definition) is 2. The van der Waals surface area contributed by atoms with Gasteiger partial charge in [0.1, 0.15) is 25.7 Å². The van der Waals surface area contributed by atoms with E-state index in [0.717, 1.165) is 27.9 Å². The fraction of sp³-hybridized carbons (Fsp3) is 0.263. The van der Waals surface area contributed by atoms with Crippen LogP contribution in [-0.4, -0.2) is 21.1 Å². The quantitative estimate of drug-likeness (QED) is 0.595. The molecule has 2 aromatic rings. The highest BCUT2D eigenvalue weighted by Gasteiger charge is 2.31. The fourth-order valence-electron chi connectivity index (χ4n) is 2.71. The summed E-state index contributed by atoms with van der Waals surface area (Å²) in [5, 5.41) is 0. The molecule has 0 bridgehead atoms. The third kappa shape index (κ3) is 3.92. The van der Waals surface area contributed by atoms with Crippen LogP contribution in [0.4, 0.5) is 0 Å². The number of aryl methyl sites for hydroxylation is 1. The molecule has 0 fully saturated rings. The Labute approximate surface area is 144 Å². The molecule has 1 atom stereocenters. The van der Waals surface area contributed by atoms with Crippen molar-refractivity contribution in [2.45, 2.75) is 19.4 Å². The van der Waals surface area contributed by atoms with E-state index in [0.29, 0.717) is 6.61 Å². The third-order valence-electron chi connectivity index (χ3n) is 4.01. The molecule has 0 spiro atoms. The van der Waals surface area contributed by atoms with Gasteiger partial charge in [-0.3, -0.25) is 0 Å². The first kappa shape index (κ1) is 18.0. The van der Waals surface area contributed by atoms with Crippen molar-refractivity contribution in [1.82, 2.24) is 0 Å². The van der Waals surface area contributed by atoms with Crippen LogP contribution in [0.2, 0.25) is 0 Å². The molecule has 2 aromatic carbocycles. The van der Waals surface area contributed by atoms with E-state index in [1.165, 1.54) is 0 Å². The van der Waals surface area contributed by atoms with Gasteiger partial charge in [-0.25, -0.2) is 0 Å². The molecule has 0 aromatic heterocycles. The first-order chi connectivity index (χ1) is 11.4. The van der Waals surface area contributed by atoms with E-state index in [4.69, 9.17) is 20.9 Å². The maximum absolute atomic E-state index is 6.79. The Hall–Kier alpha value is -2.40. The second kappa shape index (κ2) is 7.45. The molecule has 126 valence electrons. The van der Waals surface area contributed by atoms with Crippen LogP contribution in [0.5, 0.6) is 5.75 Å². The fourth-order valence-corrected chi connectivity index (χ4v) is 2.71.